The first kappa shape index (κ1) is 23.7. The number of hydrogen-bond donors (Lipinski definition) is 3. The standard InChI is InChI=1S/C20H36N8O2/c1-5-21-17(22-9-10-26-19(29)30-20(2,3)4)23-11-12-27-13-15-28(16-14-27)18-24-7-6-8-25-18/h6-8H,5,9-16H2,1-4H3,(H,26,29)(H2,21,22,23). The average Bonchev–Trinajstić information content (AvgIpc) is 2.71. The van der Waals surface area contributed by atoms with E-state index in [4.69, 9.17) is 4.74 Å². The lowest BCUT2D eigenvalue weighted by Gasteiger charge is -2.34. The molecule has 1 aromatic rings. The molecule has 2 rings (SSSR count). The number of nitrogens with one attached hydrogen (secondary N) is 3. The number of carbonyl (C=O) groups excluding carboxylic acids is 1. The summed E-state index contributed by atoms with van der Waals surface area (Å²) in [5, 5.41) is 9.19. The highest BCUT2D eigenvalue weighted by molar-refractivity contribution is 5.79. The molecule has 0 aromatic carbocycles. The molecule has 30 heavy (non-hydrogen) atoms. The van der Waals surface area contributed by atoms with E-state index < -0.39 is 11.7 Å². The van der Waals surface area contributed by atoms with Gasteiger partial charge in [0.1, 0.15) is 5.60 Å². The van der Waals surface area contributed by atoms with Crippen molar-refractivity contribution in [3.05, 3.63) is 18.5 Å². The number of ether oxygens (including phenoxy) is 1. The van der Waals surface area contributed by atoms with Crippen LogP contribution in [0, 0.1) is 0 Å². The Morgan fingerprint density at radius 1 is 1.10 bits per heavy atom. The second-order valence-corrected chi connectivity index (χ2v) is 7.99. The lowest BCUT2D eigenvalue weighted by molar-refractivity contribution is 0.0529. The summed E-state index contributed by atoms with van der Waals surface area (Å²) in [6, 6.07) is 1.83. The molecule has 0 atom stereocenters. The van der Waals surface area contributed by atoms with Crippen LogP contribution in [-0.2, 0) is 4.74 Å². The summed E-state index contributed by atoms with van der Waals surface area (Å²) in [5.41, 5.74) is -0.493. The van der Waals surface area contributed by atoms with Crippen molar-refractivity contribution in [2.45, 2.75) is 33.3 Å². The molecule has 0 unspecified atom stereocenters. The van der Waals surface area contributed by atoms with Gasteiger partial charge in [-0.15, -0.1) is 0 Å². The van der Waals surface area contributed by atoms with E-state index in [1.807, 2.05) is 33.8 Å². The molecule has 1 aliphatic rings. The van der Waals surface area contributed by atoms with Crippen LogP contribution in [0.25, 0.3) is 0 Å². The Balaban J connectivity index is 1.65. The number of aliphatic imine (C=N–C) groups is 1. The van der Waals surface area contributed by atoms with Crippen LogP contribution in [-0.4, -0.2) is 91.4 Å². The Labute approximate surface area is 179 Å². The third kappa shape index (κ3) is 9.25. The first-order chi connectivity index (χ1) is 14.4. The molecule has 168 valence electrons. The molecular formula is C20H36N8O2. The molecule has 1 aliphatic heterocycles. The third-order valence-corrected chi connectivity index (χ3v) is 4.32. The summed E-state index contributed by atoms with van der Waals surface area (Å²) in [7, 11) is 0. The van der Waals surface area contributed by atoms with Crippen LogP contribution in [0.1, 0.15) is 27.7 Å². The molecule has 1 fully saturated rings. The molecule has 1 aromatic heterocycles. The second kappa shape index (κ2) is 12.2. The number of nitrogens with zero attached hydrogens (tertiary/aromatic N) is 5. The van der Waals surface area contributed by atoms with E-state index in [9.17, 15) is 4.79 Å². The Bertz CT molecular complexity index is 655. The minimum absolute atomic E-state index is 0.411. The van der Waals surface area contributed by atoms with Crippen LogP contribution in [0.2, 0.25) is 0 Å². The van der Waals surface area contributed by atoms with Crippen molar-refractivity contribution in [2.24, 2.45) is 4.99 Å². The van der Waals surface area contributed by atoms with Gasteiger partial charge in [-0.1, -0.05) is 0 Å². The molecule has 0 spiro atoms. The quantitative estimate of drug-likeness (QED) is 0.320. The number of carbonyl (C=O) groups is 1. The zero-order valence-corrected chi connectivity index (χ0v) is 18.6. The summed E-state index contributed by atoms with van der Waals surface area (Å²) in [4.78, 5) is 29.5. The molecule has 1 saturated heterocycles. The molecule has 0 bridgehead atoms. The van der Waals surface area contributed by atoms with E-state index in [1.54, 1.807) is 12.4 Å². The number of guanidine groups is 1. The topological polar surface area (TPSA) is 107 Å². The van der Waals surface area contributed by atoms with E-state index in [2.05, 4.69) is 40.7 Å². The van der Waals surface area contributed by atoms with Crippen molar-refractivity contribution in [3.63, 3.8) is 0 Å². The SMILES string of the molecule is CCNC(=NCCN1CCN(c2ncccn2)CC1)NCCNC(=O)OC(C)(C)C. The van der Waals surface area contributed by atoms with Crippen LogP contribution in [0.15, 0.2) is 23.5 Å². The van der Waals surface area contributed by atoms with Gasteiger partial charge in [0.2, 0.25) is 5.95 Å². The maximum Gasteiger partial charge on any atom is 0.407 e. The van der Waals surface area contributed by atoms with E-state index >= 15 is 0 Å². The van der Waals surface area contributed by atoms with Gasteiger partial charge in [-0.05, 0) is 33.8 Å². The van der Waals surface area contributed by atoms with E-state index in [-0.39, 0.29) is 0 Å². The molecule has 10 heteroatoms. The average molecular weight is 421 g/mol. The molecular weight excluding hydrogens is 384 g/mol. The maximum absolute atomic E-state index is 11.7. The van der Waals surface area contributed by atoms with E-state index in [1.165, 1.54) is 0 Å². The summed E-state index contributed by atoms with van der Waals surface area (Å²) in [6.45, 7) is 14.8. The van der Waals surface area contributed by atoms with Gasteiger partial charge in [0.15, 0.2) is 5.96 Å². The van der Waals surface area contributed by atoms with Gasteiger partial charge >= 0.3 is 6.09 Å². The molecule has 10 nitrogen and oxygen atoms in total. The minimum Gasteiger partial charge on any atom is -0.444 e. The molecule has 1 amide bonds. The fourth-order valence-corrected chi connectivity index (χ4v) is 2.93. The lowest BCUT2D eigenvalue weighted by Crippen LogP contribution is -2.48. The van der Waals surface area contributed by atoms with Gasteiger partial charge in [-0.25, -0.2) is 14.8 Å². The predicted molar refractivity (Wildman–Crippen MR) is 119 cm³/mol. The van der Waals surface area contributed by atoms with Gasteiger partial charge in [0.05, 0.1) is 6.54 Å². The number of aromatic nitrogens is 2. The number of rotatable bonds is 8. The number of amides is 1. The van der Waals surface area contributed by atoms with Gasteiger partial charge in [0.25, 0.3) is 0 Å². The van der Waals surface area contributed by atoms with Crippen LogP contribution in [0.3, 0.4) is 0 Å². The Hall–Kier alpha value is -2.62. The molecule has 3 N–H and O–H groups in total. The normalized spacial score (nSPS) is 15.6. The largest absolute Gasteiger partial charge is 0.444 e. The van der Waals surface area contributed by atoms with Gasteiger partial charge in [0, 0.05) is 64.8 Å². The highest BCUT2D eigenvalue weighted by atomic mass is 16.6. The summed E-state index contributed by atoms with van der Waals surface area (Å²) < 4.78 is 5.22. The zero-order valence-electron chi connectivity index (χ0n) is 18.6. The highest BCUT2D eigenvalue weighted by Crippen LogP contribution is 2.09. The molecule has 0 aliphatic carbocycles. The van der Waals surface area contributed by atoms with E-state index in [0.29, 0.717) is 19.6 Å². The van der Waals surface area contributed by atoms with Gasteiger partial charge in [-0.2, -0.15) is 0 Å². The monoisotopic (exact) mass is 420 g/mol. The van der Waals surface area contributed by atoms with Crippen molar-refractivity contribution in [2.75, 3.05) is 63.8 Å². The van der Waals surface area contributed by atoms with E-state index in [0.717, 1.165) is 51.2 Å². The van der Waals surface area contributed by atoms with Crippen molar-refractivity contribution >= 4 is 18.0 Å². The van der Waals surface area contributed by atoms with Gasteiger partial charge in [-0.3, -0.25) is 9.89 Å². The van der Waals surface area contributed by atoms with Crippen molar-refractivity contribution in [1.29, 1.82) is 0 Å². The maximum atomic E-state index is 11.7. The number of hydrogen-bond acceptors (Lipinski definition) is 7. The van der Waals surface area contributed by atoms with Crippen LogP contribution >= 0.6 is 0 Å². The highest BCUT2D eigenvalue weighted by Gasteiger charge is 2.18. The van der Waals surface area contributed by atoms with Gasteiger partial charge < -0.3 is 25.6 Å². The number of alkyl carbamates (subject to hydrolysis) is 1. The van der Waals surface area contributed by atoms with Crippen LogP contribution in [0.4, 0.5) is 10.7 Å². The summed E-state index contributed by atoms with van der Waals surface area (Å²) in [6.07, 6.45) is 3.15. The predicted octanol–water partition coefficient (Wildman–Crippen LogP) is 0.678. The molecule has 0 saturated carbocycles. The molecule has 2 heterocycles. The fourth-order valence-electron chi connectivity index (χ4n) is 2.93. The zero-order chi connectivity index (χ0) is 21.8. The van der Waals surface area contributed by atoms with Crippen LogP contribution < -0.4 is 20.9 Å². The van der Waals surface area contributed by atoms with Crippen molar-refractivity contribution in [1.82, 2.24) is 30.8 Å². The van der Waals surface area contributed by atoms with Crippen LogP contribution in [0.5, 0.6) is 0 Å². The van der Waals surface area contributed by atoms with Crippen molar-refractivity contribution in [3.8, 4) is 0 Å². The minimum atomic E-state index is -0.493. The first-order valence-electron chi connectivity index (χ1n) is 10.6. The summed E-state index contributed by atoms with van der Waals surface area (Å²) in [5.74, 6) is 1.55. The number of anilines is 1. The Morgan fingerprint density at radius 3 is 2.40 bits per heavy atom. The van der Waals surface area contributed by atoms with Crippen molar-refractivity contribution < 1.29 is 9.53 Å². The molecule has 0 radical (unpaired) electrons. The smallest absolute Gasteiger partial charge is 0.407 e. The third-order valence-electron chi connectivity index (χ3n) is 4.32. The second-order valence-electron chi connectivity index (χ2n) is 7.99. The lowest BCUT2D eigenvalue weighted by atomic mass is 10.2. The fraction of sp³-hybridized carbons (Fsp3) is 0.700. The Kier molecular flexibility index (Phi) is 9.59. The number of piperazine rings is 1. The first-order valence-corrected chi connectivity index (χ1v) is 10.6. The summed E-state index contributed by atoms with van der Waals surface area (Å²) >= 11 is 0. The Morgan fingerprint density at radius 2 is 1.77 bits per heavy atom.